The van der Waals surface area contributed by atoms with Crippen molar-refractivity contribution in [2.24, 2.45) is 11.8 Å². The highest BCUT2D eigenvalue weighted by Crippen LogP contribution is 2.23. The molecule has 2 atom stereocenters. The van der Waals surface area contributed by atoms with E-state index in [4.69, 9.17) is 9.84 Å². The van der Waals surface area contributed by atoms with Crippen molar-refractivity contribution in [2.75, 3.05) is 26.2 Å². The van der Waals surface area contributed by atoms with E-state index in [2.05, 4.69) is 5.32 Å². The van der Waals surface area contributed by atoms with Gasteiger partial charge in [0.15, 0.2) is 0 Å². The van der Waals surface area contributed by atoms with Gasteiger partial charge in [0.25, 0.3) is 0 Å². The average molecular weight is 284 g/mol. The van der Waals surface area contributed by atoms with Crippen molar-refractivity contribution in [1.29, 1.82) is 0 Å². The lowest BCUT2D eigenvalue weighted by atomic mass is 9.99. The van der Waals surface area contributed by atoms with Gasteiger partial charge in [-0.05, 0) is 18.8 Å². The number of carboxylic acid groups (broad SMARTS) is 1. The maximum absolute atomic E-state index is 11.9. The molecular weight excluding hydrogens is 260 g/mol. The molecule has 2 N–H and O–H groups in total. The van der Waals surface area contributed by atoms with Crippen molar-refractivity contribution < 1.29 is 19.4 Å². The van der Waals surface area contributed by atoms with Crippen molar-refractivity contribution in [3.05, 3.63) is 0 Å². The standard InChI is InChI=1S/C14H24N2O4/c1-10-8-16(9-12(10)13(17)18)14(19)15-6-7-20-11-4-2-3-5-11/h10-12H,2-9H2,1H3,(H,15,19)(H,17,18). The van der Waals surface area contributed by atoms with Gasteiger partial charge in [0.05, 0.1) is 18.6 Å². The first-order valence-corrected chi connectivity index (χ1v) is 7.45. The van der Waals surface area contributed by atoms with Crippen LogP contribution in [0.15, 0.2) is 0 Å². The number of nitrogens with zero attached hydrogens (tertiary/aromatic N) is 1. The summed E-state index contributed by atoms with van der Waals surface area (Å²) in [6.07, 6.45) is 5.07. The van der Waals surface area contributed by atoms with Crippen LogP contribution in [-0.2, 0) is 9.53 Å². The van der Waals surface area contributed by atoms with Gasteiger partial charge >= 0.3 is 12.0 Å². The Labute approximate surface area is 119 Å². The zero-order chi connectivity index (χ0) is 14.5. The number of carboxylic acids is 1. The molecule has 6 nitrogen and oxygen atoms in total. The highest BCUT2D eigenvalue weighted by Gasteiger charge is 2.36. The van der Waals surface area contributed by atoms with E-state index in [9.17, 15) is 9.59 Å². The van der Waals surface area contributed by atoms with E-state index in [1.165, 1.54) is 12.8 Å². The normalized spacial score (nSPS) is 26.9. The van der Waals surface area contributed by atoms with Crippen molar-refractivity contribution in [2.45, 2.75) is 38.7 Å². The maximum Gasteiger partial charge on any atom is 0.317 e. The van der Waals surface area contributed by atoms with E-state index in [-0.39, 0.29) is 11.9 Å². The number of aliphatic carboxylic acids is 1. The summed E-state index contributed by atoms with van der Waals surface area (Å²) in [5, 5.41) is 11.8. The molecule has 0 aromatic carbocycles. The number of carbonyl (C=O) groups is 2. The highest BCUT2D eigenvalue weighted by molar-refractivity contribution is 5.77. The molecule has 2 unspecified atom stereocenters. The minimum Gasteiger partial charge on any atom is -0.481 e. The molecule has 1 saturated heterocycles. The second-order valence-electron chi connectivity index (χ2n) is 5.84. The summed E-state index contributed by atoms with van der Waals surface area (Å²) in [6, 6.07) is -0.185. The second-order valence-corrected chi connectivity index (χ2v) is 5.84. The SMILES string of the molecule is CC1CN(C(=O)NCCOC2CCCC2)CC1C(=O)O. The van der Waals surface area contributed by atoms with Gasteiger partial charge < -0.3 is 20.1 Å². The second kappa shape index (κ2) is 6.92. The van der Waals surface area contributed by atoms with Gasteiger partial charge in [0.2, 0.25) is 0 Å². The summed E-state index contributed by atoms with van der Waals surface area (Å²) in [5.74, 6) is -1.26. The molecule has 1 heterocycles. The fraction of sp³-hybridized carbons (Fsp3) is 0.857. The van der Waals surface area contributed by atoms with E-state index in [0.29, 0.717) is 32.3 Å². The number of rotatable bonds is 5. The Bertz CT molecular complexity index is 355. The first-order valence-electron chi connectivity index (χ1n) is 7.45. The number of urea groups is 1. The first-order chi connectivity index (χ1) is 9.58. The lowest BCUT2D eigenvalue weighted by Crippen LogP contribution is -2.40. The molecule has 6 heteroatoms. The molecule has 0 spiro atoms. The summed E-state index contributed by atoms with van der Waals surface area (Å²) >= 11 is 0. The Balaban J connectivity index is 1.63. The van der Waals surface area contributed by atoms with Gasteiger partial charge in [-0.2, -0.15) is 0 Å². The van der Waals surface area contributed by atoms with E-state index in [1.807, 2.05) is 6.92 Å². The number of carbonyl (C=O) groups excluding carboxylic acids is 1. The van der Waals surface area contributed by atoms with Crippen LogP contribution in [-0.4, -0.2) is 54.4 Å². The zero-order valence-electron chi connectivity index (χ0n) is 12.0. The number of likely N-dealkylation sites (tertiary alicyclic amines) is 1. The fourth-order valence-corrected chi connectivity index (χ4v) is 3.00. The summed E-state index contributed by atoms with van der Waals surface area (Å²) in [4.78, 5) is 24.5. The van der Waals surface area contributed by atoms with Crippen LogP contribution in [0.4, 0.5) is 4.79 Å². The van der Waals surface area contributed by atoms with Crippen molar-refractivity contribution in [3.8, 4) is 0 Å². The molecule has 1 saturated carbocycles. The summed E-state index contributed by atoms with van der Waals surface area (Å²) < 4.78 is 5.67. The molecule has 0 radical (unpaired) electrons. The molecule has 0 aromatic rings. The highest BCUT2D eigenvalue weighted by atomic mass is 16.5. The van der Waals surface area contributed by atoms with E-state index in [0.717, 1.165) is 12.8 Å². The molecule has 20 heavy (non-hydrogen) atoms. The van der Waals surface area contributed by atoms with Crippen LogP contribution in [0.5, 0.6) is 0 Å². The number of amides is 2. The van der Waals surface area contributed by atoms with E-state index >= 15 is 0 Å². The van der Waals surface area contributed by atoms with Gasteiger partial charge in [0.1, 0.15) is 0 Å². The van der Waals surface area contributed by atoms with Crippen LogP contribution < -0.4 is 5.32 Å². The number of nitrogens with one attached hydrogen (secondary N) is 1. The third kappa shape index (κ3) is 3.85. The van der Waals surface area contributed by atoms with Crippen LogP contribution in [0.25, 0.3) is 0 Å². The first kappa shape index (κ1) is 15.1. The van der Waals surface area contributed by atoms with Crippen molar-refractivity contribution >= 4 is 12.0 Å². The van der Waals surface area contributed by atoms with Crippen LogP contribution in [0.1, 0.15) is 32.6 Å². The van der Waals surface area contributed by atoms with Crippen LogP contribution in [0.3, 0.4) is 0 Å². The summed E-state index contributed by atoms with van der Waals surface area (Å²) in [6.45, 7) is 3.69. The fourth-order valence-electron chi connectivity index (χ4n) is 3.00. The molecule has 2 aliphatic rings. The van der Waals surface area contributed by atoms with Crippen LogP contribution >= 0.6 is 0 Å². The molecule has 2 rings (SSSR count). The van der Waals surface area contributed by atoms with E-state index in [1.54, 1.807) is 4.90 Å². The minimum absolute atomic E-state index is 0.00740. The third-order valence-electron chi connectivity index (χ3n) is 4.25. The van der Waals surface area contributed by atoms with Crippen molar-refractivity contribution in [3.63, 3.8) is 0 Å². The molecular formula is C14H24N2O4. The molecule has 1 aliphatic carbocycles. The Kier molecular flexibility index (Phi) is 5.23. The minimum atomic E-state index is -0.822. The van der Waals surface area contributed by atoms with Gasteiger partial charge in [-0.15, -0.1) is 0 Å². The average Bonchev–Trinajstić information content (AvgIpc) is 3.03. The topological polar surface area (TPSA) is 78.9 Å². The smallest absolute Gasteiger partial charge is 0.317 e. The third-order valence-corrected chi connectivity index (χ3v) is 4.25. The molecule has 1 aliphatic heterocycles. The van der Waals surface area contributed by atoms with Crippen LogP contribution in [0, 0.1) is 11.8 Å². The number of hydrogen-bond acceptors (Lipinski definition) is 3. The Morgan fingerprint density at radius 2 is 2.00 bits per heavy atom. The Hall–Kier alpha value is -1.30. The van der Waals surface area contributed by atoms with Gasteiger partial charge in [-0.1, -0.05) is 19.8 Å². The largest absolute Gasteiger partial charge is 0.481 e. The maximum atomic E-state index is 11.9. The summed E-state index contributed by atoms with van der Waals surface area (Å²) in [7, 11) is 0. The molecule has 2 fully saturated rings. The van der Waals surface area contributed by atoms with E-state index < -0.39 is 11.9 Å². The number of ether oxygens (including phenoxy) is 1. The molecule has 0 aromatic heterocycles. The molecule has 2 amide bonds. The van der Waals surface area contributed by atoms with Crippen molar-refractivity contribution in [1.82, 2.24) is 10.2 Å². The van der Waals surface area contributed by atoms with Gasteiger partial charge in [-0.3, -0.25) is 4.79 Å². The van der Waals surface area contributed by atoms with Gasteiger partial charge in [0, 0.05) is 19.6 Å². The lowest BCUT2D eigenvalue weighted by molar-refractivity contribution is -0.142. The quantitative estimate of drug-likeness (QED) is 0.746. The van der Waals surface area contributed by atoms with Crippen LogP contribution in [0.2, 0.25) is 0 Å². The molecule has 0 bridgehead atoms. The number of hydrogen-bond donors (Lipinski definition) is 2. The Morgan fingerprint density at radius 1 is 1.30 bits per heavy atom. The predicted molar refractivity (Wildman–Crippen MR) is 73.5 cm³/mol. The zero-order valence-corrected chi connectivity index (χ0v) is 12.0. The monoisotopic (exact) mass is 284 g/mol. The lowest BCUT2D eigenvalue weighted by Gasteiger charge is -2.17. The summed E-state index contributed by atoms with van der Waals surface area (Å²) in [5.41, 5.74) is 0. The predicted octanol–water partition coefficient (Wildman–Crippen LogP) is 1.31. The molecule has 114 valence electrons. The Morgan fingerprint density at radius 3 is 2.60 bits per heavy atom. The van der Waals surface area contributed by atoms with Gasteiger partial charge in [-0.25, -0.2) is 4.79 Å².